The van der Waals surface area contributed by atoms with Crippen molar-refractivity contribution in [3.05, 3.63) is 35.9 Å². The first-order valence-electron chi connectivity index (χ1n) is 9.27. The molecule has 1 fully saturated rings. The summed E-state index contributed by atoms with van der Waals surface area (Å²) in [4.78, 5) is 36.7. The Labute approximate surface area is 159 Å². The molecule has 0 aliphatic heterocycles. The van der Waals surface area contributed by atoms with Crippen molar-refractivity contribution in [1.82, 2.24) is 10.6 Å². The second-order valence-corrected chi connectivity index (χ2v) is 7.07. The standard InChI is InChI=1S/C20H28N2O5/c1-14(23)21-17(20(26)11-7-4-8-12-20)18(24)22-16(19(25)27-2)13-15-9-5-3-6-10-15/h3,5-6,9-10,16-17,26H,4,7-8,11-13H2,1-2H3,(H,21,23)(H,22,24)/t16?,17-/m1/s1. The van der Waals surface area contributed by atoms with E-state index in [1.807, 2.05) is 30.3 Å². The Bertz CT molecular complexity index is 656. The molecule has 0 aromatic heterocycles. The Kier molecular flexibility index (Phi) is 7.36. The van der Waals surface area contributed by atoms with Crippen molar-refractivity contribution in [2.45, 2.75) is 63.1 Å². The minimum atomic E-state index is -1.32. The fraction of sp³-hybridized carbons (Fsp3) is 0.550. The summed E-state index contributed by atoms with van der Waals surface area (Å²) in [6.45, 7) is 1.30. The average Bonchev–Trinajstić information content (AvgIpc) is 2.66. The Balaban J connectivity index is 2.18. The number of carbonyl (C=O) groups excluding carboxylic acids is 3. The summed E-state index contributed by atoms with van der Waals surface area (Å²) in [6.07, 6.45) is 3.65. The van der Waals surface area contributed by atoms with Crippen LogP contribution in [0.2, 0.25) is 0 Å². The van der Waals surface area contributed by atoms with Gasteiger partial charge in [0.1, 0.15) is 12.1 Å². The summed E-state index contributed by atoms with van der Waals surface area (Å²) >= 11 is 0. The quantitative estimate of drug-likeness (QED) is 0.618. The third kappa shape index (κ3) is 5.79. The highest BCUT2D eigenvalue weighted by molar-refractivity contribution is 5.91. The van der Waals surface area contributed by atoms with E-state index in [2.05, 4.69) is 10.6 Å². The maximum atomic E-state index is 12.9. The summed E-state index contributed by atoms with van der Waals surface area (Å²) in [5.74, 6) is -1.57. The second kappa shape index (κ2) is 9.50. The Morgan fingerprint density at radius 2 is 1.74 bits per heavy atom. The highest BCUT2D eigenvalue weighted by Gasteiger charge is 2.43. The SMILES string of the molecule is COC(=O)C(Cc1ccccc1)NC(=O)[C@@H](NC(C)=O)C1(O)CCCCC1. The Hall–Kier alpha value is -2.41. The van der Waals surface area contributed by atoms with Crippen LogP contribution in [0.25, 0.3) is 0 Å². The number of rotatable bonds is 7. The molecule has 1 unspecified atom stereocenters. The molecule has 0 radical (unpaired) electrons. The molecule has 1 saturated carbocycles. The molecule has 2 atom stereocenters. The van der Waals surface area contributed by atoms with Gasteiger partial charge in [0, 0.05) is 13.3 Å². The van der Waals surface area contributed by atoms with Crippen LogP contribution in [0.1, 0.15) is 44.6 Å². The van der Waals surface area contributed by atoms with Crippen molar-refractivity contribution >= 4 is 17.8 Å². The number of nitrogens with one attached hydrogen (secondary N) is 2. The van der Waals surface area contributed by atoms with Crippen molar-refractivity contribution < 1.29 is 24.2 Å². The first kappa shape index (κ1) is 20.9. The van der Waals surface area contributed by atoms with Gasteiger partial charge in [-0.25, -0.2) is 4.79 Å². The summed E-state index contributed by atoms with van der Waals surface area (Å²) in [7, 11) is 1.26. The zero-order valence-corrected chi connectivity index (χ0v) is 15.9. The lowest BCUT2D eigenvalue weighted by atomic mass is 9.79. The average molecular weight is 376 g/mol. The number of hydrogen-bond donors (Lipinski definition) is 3. The van der Waals surface area contributed by atoms with Gasteiger partial charge in [0.05, 0.1) is 12.7 Å². The number of hydrogen-bond acceptors (Lipinski definition) is 5. The van der Waals surface area contributed by atoms with E-state index in [-0.39, 0.29) is 6.42 Å². The molecule has 1 aliphatic rings. The van der Waals surface area contributed by atoms with Crippen LogP contribution in [0.5, 0.6) is 0 Å². The van der Waals surface area contributed by atoms with Gasteiger partial charge < -0.3 is 20.5 Å². The van der Waals surface area contributed by atoms with E-state index in [9.17, 15) is 19.5 Å². The molecule has 1 aliphatic carbocycles. The number of carbonyl (C=O) groups is 3. The molecule has 1 aromatic carbocycles. The van der Waals surface area contributed by atoms with Crippen LogP contribution < -0.4 is 10.6 Å². The summed E-state index contributed by atoms with van der Waals surface area (Å²) in [6, 6.07) is 7.23. The lowest BCUT2D eigenvalue weighted by Crippen LogP contribution is -2.62. The molecule has 0 spiro atoms. The summed E-state index contributed by atoms with van der Waals surface area (Å²) in [5, 5.41) is 16.2. The van der Waals surface area contributed by atoms with Crippen molar-refractivity contribution in [1.29, 1.82) is 0 Å². The molecule has 0 heterocycles. The van der Waals surface area contributed by atoms with Crippen LogP contribution in [-0.2, 0) is 25.5 Å². The number of esters is 1. The summed E-state index contributed by atoms with van der Waals surface area (Å²) < 4.78 is 4.81. The largest absolute Gasteiger partial charge is 0.467 e. The normalized spacial score (nSPS) is 18.0. The highest BCUT2D eigenvalue weighted by Crippen LogP contribution is 2.31. The molecule has 2 amide bonds. The molecule has 7 heteroatoms. The van der Waals surface area contributed by atoms with Crippen LogP contribution >= 0.6 is 0 Å². The fourth-order valence-corrected chi connectivity index (χ4v) is 3.54. The van der Waals surface area contributed by atoms with Gasteiger partial charge in [-0.1, -0.05) is 49.6 Å². The van der Waals surface area contributed by atoms with E-state index < -0.39 is 35.5 Å². The van der Waals surface area contributed by atoms with Crippen LogP contribution in [0.3, 0.4) is 0 Å². The zero-order chi connectivity index (χ0) is 19.9. The second-order valence-electron chi connectivity index (χ2n) is 7.07. The predicted octanol–water partition coefficient (Wildman–Crippen LogP) is 1.09. The van der Waals surface area contributed by atoms with Crippen LogP contribution in [0.15, 0.2) is 30.3 Å². The van der Waals surface area contributed by atoms with E-state index in [4.69, 9.17) is 4.74 Å². The molecule has 2 rings (SSSR count). The number of methoxy groups -OCH3 is 1. The van der Waals surface area contributed by atoms with Gasteiger partial charge in [-0.2, -0.15) is 0 Å². The van der Waals surface area contributed by atoms with Crippen LogP contribution in [-0.4, -0.2) is 47.7 Å². The predicted molar refractivity (Wildman–Crippen MR) is 99.7 cm³/mol. The monoisotopic (exact) mass is 376 g/mol. The smallest absolute Gasteiger partial charge is 0.328 e. The maximum absolute atomic E-state index is 12.9. The lowest BCUT2D eigenvalue weighted by Gasteiger charge is -2.38. The van der Waals surface area contributed by atoms with Gasteiger partial charge in [0.2, 0.25) is 11.8 Å². The van der Waals surface area contributed by atoms with Crippen molar-refractivity contribution in [2.75, 3.05) is 7.11 Å². The van der Waals surface area contributed by atoms with E-state index in [1.54, 1.807) is 0 Å². The van der Waals surface area contributed by atoms with E-state index in [0.29, 0.717) is 12.8 Å². The first-order chi connectivity index (χ1) is 12.9. The third-order valence-electron chi connectivity index (χ3n) is 4.95. The minimum absolute atomic E-state index is 0.254. The topological polar surface area (TPSA) is 105 Å². The lowest BCUT2D eigenvalue weighted by molar-refractivity contribution is -0.147. The molecule has 148 valence electrons. The molecular formula is C20H28N2O5. The van der Waals surface area contributed by atoms with Gasteiger partial charge in [-0.15, -0.1) is 0 Å². The molecule has 0 bridgehead atoms. The van der Waals surface area contributed by atoms with Gasteiger partial charge in [-0.05, 0) is 18.4 Å². The number of aliphatic hydroxyl groups is 1. The molecule has 7 nitrogen and oxygen atoms in total. The van der Waals surface area contributed by atoms with E-state index >= 15 is 0 Å². The van der Waals surface area contributed by atoms with Crippen molar-refractivity contribution in [3.63, 3.8) is 0 Å². The molecular weight excluding hydrogens is 348 g/mol. The molecule has 1 aromatic rings. The van der Waals surface area contributed by atoms with Gasteiger partial charge >= 0.3 is 5.97 Å². The maximum Gasteiger partial charge on any atom is 0.328 e. The molecule has 3 N–H and O–H groups in total. The fourth-order valence-electron chi connectivity index (χ4n) is 3.54. The van der Waals surface area contributed by atoms with Crippen LogP contribution in [0, 0.1) is 0 Å². The van der Waals surface area contributed by atoms with Gasteiger partial charge in [-0.3, -0.25) is 9.59 Å². The van der Waals surface area contributed by atoms with Gasteiger partial charge in [0.15, 0.2) is 0 Å². The van der Waals surface area contributed by atoms with E-state index in [0.717, 1.165) is 24.8 Å². The number of benzene rings is 1. The van der Waals surface area contributed by atoms with E-state index in [1.165, 1.54) is 14.0 Å². The number of ether oxygens (including phenoxy) is 1. The minimum Gasteiger partial charge on any atom is -0.467 e. The van der Waals surface area contributed by atoms with Crippen LogP contribution in [0.4, 0.5) is 0 Å². The van der Waals surface area contributed by atoms with Crippen molar-refractivity contribution in [2.24, 2.45) is 0 Å². The van der Waals surface area contributed by atoms with Crippen molar-refractivity contribution in [3.8, 4) is 0 Å². The Morgan fingerprint density at radius 1 is 1.11 bits per heavy atom. The van der Waals surface area contributed by atoms with Gasteiger partial charge in [0.25, 0.3) is 0 Å². The summed E-state index contributed by atoms with van der Waals surface area (Å²) in [5.41, 5.74) is -0.456. The molecule has 27 heavy (non-hydrogen) atoms. The molecule has 0 saturated heterocycles. The number of amides is 2. The highest BCUT2D eigenvalue weighted by atomic mass is 16.5. The Morgan fingerprint density at radius 3 is 2.30 bits per heavy atom. The zero-order valence-electron chi connectivity index (χ0n) is 15.9. The first-order valence-corrected chi connectivity index (χ1v) is 9.27. The third-order valence-corrected chi connectivity index (χ3v) is 4.95.